The number of nitrogens with zero attached hydrogens (tertiary/aromatic N) is 1. The highest BCUT2D eigenvalue weighted by molar-refractivity contribution is 7.90. The predicted octanol–water partition coefficient (Wildman–Crippen LogP) is 3.69. The number of rotatable bonds is 5. The van der Waals surface area contributed by atoms with Gasteiger partial charge in [0, 0.05) is 12.1 Å². The molecule has 0 unspecified atom stereocenters. The molecule has 0 aliphatic heterocycles. The molecule has 0 amide bonds. The van der Waals surface area contributed by atoms with E-state index in [1.807, 2.05) is 25.1 Å². The lowest BCUT2D eigenvalue weighted by molar-refractivity contribution is 0.244. The summed E-state index contributed by atoms with van der Waals surface area (Å²) < 4.78 is 27.5. The zero-order valence-electron chi connectivity index (χ0n) is 12.7. The Kier molecular flexibility index (Phi) is 4.61. The SMILES string of the molecule is CCC(C)(C)S(=O)(=O)N(C1CCCC1)C1CCCC1. The first kappa shape index (κ1) is 15.3. The van der Waals surface area contributed by atoms with Crippen LogP contribution in [0.15, 0.2) is 0 Å². The van der Waals surface area contributed by atoms with Gasteiger partial charge in [0.05, 0.1) is 4.75 Å². The van der Waals surface area contributed by atoms with E-state index in [1.54, 1.807) is 0 Å². The quantitative estimate of drug-likeness (QED) is 0.773. The lowest BCUT2D eigenvalue weighted by Gasteiger charge is -2.39. The third kappa shape index (κ3) is 2.85. The van der Waals surface area contributed by atoms with Gasteiger partial charge in [0.2, 0.25) is 10.0 Å². The van der Waals surface area contributed by atoms with E-state index in [4.69, 9.17) is 0 Å². The fraction of sp³-hybridized carbons (Fsp3) is 1.00. The number of sulfonamides is 1. The van der Waals surface area contributed by atoms with Crippen molar-refractivity contribution >= 4 is 10.0 Å². The van der Waals surface area contributed by atoms with Crippen LogP contribution in [0.3, 0.4) is 0 Å². The summed E-state index contributed by atoms with van der Waals surface area (Å²) in [6, 6.07) is 0.554. The average molecular weight is 287 g/mol. The first-order chi connectivity index (χ1) is 8.90. The molecule has 4 heteroatoms. The van der Waals surface area contributed by atoms with Crippen molar-refractivity contribution in [2.75, 3.05) is 0 Å². The third-order valence-corrected chi connectivity index (χ3v) is 8.03. The Morgan fingerprint density at radius 1 is 0.947 bits per heavy atom. The molecule has 0 aromatic rings. The second kappa shape index (κ2) is 5.72. The summed E-state index contributed by atoms with van der Waals surface area (Å²) in [6.07, 6.45) is 9.71. The fourth-order valence-electron chi connectivity index (χ4n) is 3.48. The van der Waals surface area contributed by atoms with Gasteiger partial charge in [0.1, 0.15) is 0 Å². The molecule has 2 aliphatic carbocycles. The molecule has 0 aromatic carbocycles. The number of hydrogen-bond acceptors (Lipinski definition) is 2. The van der Waals surface area contributed by atoms with Crippen LogP contribution in [0.4, 0.5) is 0 Å². The molecule has 2 fully saturated rings. The zero-order chi connectivity index (χ0) is 14.1. The van der Waals surface area contributed by atoms with Crippen LogP contribution in [0.2, 0.25) is 0 Å². The minimum absolute atomic E-state index is 0.277. The second-order valence-corrected chi connectivity index (χ2v) is 9.30. The van der Waals surface area contributed by atoms with Crippen molar-refractivity contribution in [2.24, 2.45) is 0 Å². The van der Waals surface area contributed by atoms with Gasteiger partial charge >= 0.3 is 0 Å². The molecule has 3 nitrogen and oxygen atoms in total. The van der Waals surface area contributed by atoms with Crippen molar-refractivity contribution in [1.82, 2.24) is 4.31 Å². The summed E-state index contributed by atoms with van der Waals surface area (Å²) in [6.45, 7) is 5.76. The minimum atomic E-state index is -3.18. The van der Waals surface area contributed by atoms with Crippen LogP contribution >= 0.6 is 0 Å². The standard InChI is InChI=1S/C15H29NO2S/c1-4-15(2,3)19(17,18)16(13-9-5-6-10-13)14-11-7-8-12-14/h13-14H,4-12H2,1-3H3. The maximum atomic E-state index is 13.1. The molecule has 0 spiro atoms. The minimum Gasteiger partial charge on any atom is -0.212 e. The monoisotopic (exact) mass is 287 g/mol. The molecule has 0 saturated heterocycles. The predicted molar refractivity (Wildman–Crippen MR) is 79.6 cm³/mol. The van der Waals surface area contributed by atoms with E-state index in [2.05, 4.69) is 0 Å². The van der Waals surface area contributed by atoms with E-state index in [1.165, 1.54) is 25.7 Å². The highest BCUT2D eigenvalue weighted by Crippen LogP contribution is 2.38. The van der Waals surface area contributed by atoms with Crippen molar-refractivity contribution < 1.29 is 8.42 Å². The Morgan fingerprint density at radius 3 is 1.63 bits per heavy atom. The van der Waals surface area contributed by atoms with Crippen LogP contribution in [0.5, 0.6) is 0 Å². The largest absolute Gasteiger partial charge is 0.219 e. The smallest absolute Gasteiger partial charge is 0.212 e. The summed E-state index contributed by atoms with van der Waals surface area (Å²) in [5, 5.41) is 0. The maximum Gasteiger partial charge on any atom is 0.219 e. The van der Waals surface area contributed by atoms with Gasteiger partial charge in [-0.25, -0.2) is 8.42 Å². The molecule has 2 aliphatic rings. The van der Waals surface area contributed by atoms with Gasteiger partial charge in [-0.05, 0) is 46.0 Å². The average Bonchev–Trinajstić information content (AvgIpc) is 3.02. The summed E-state index contributed by atoms with van der Waals surface area (Å²) in [7, 11) is -3.18. The molecule has 0 radical (unpaired) electrons. The summed E-state index contributed by atoms with van der Waals surface area (Å²) in [4.78, 5) is 0. The van der Waals surface area contributed by atoms with Crippen molar-refractivity contribution in [3.05, 3.63) is 0 Å². The number of hydrogen-bond donors (Lipinski definition) is 0. The van der Waals surface area contributed by atoms with Gasteiger partial charge in [0.25, 0.3) is 0 Å². The van der Waals surface area contributed by atoms with Crippen molar-refractivity contribution in [1.29, 1.82) is 0 Å². The molecule has 0 bridgehead atoms. The van der Waals surface area contributed by atoms with Gasteiger partial charge in [-0.15, -0.1) is 0 Å². The van der Waals surface area contributed by atoms with Crippen LogP contribution in [0.25, 0.3) is 0 Å². The highest BCUT2D eigenvalue weighted by atomic mass is 32.2. The van der Waals surface area contributed by atoms with Crippen LogP contribution in [-0.4, -0.2) is 29.6 Å². The van der Waals surface area contributed by atoms with E-state index < -0.39 is 14.8 Å². The molecule has 19 heavy (non-hydrogen) atoms. The van der Waals surface area contributed by atoms with Crippen LogP contribution in [0.1, 0.15) is 78.6 Å². The van der Waals surface area contributed by atoms with E-state index in [-0.39, 0.29) is 12.1 Å². The Morgan fingerprint density at radius 2 is 1.32 bits per heavy atom. The highest BCUT2D eigenvalue weighted by Gasteiger charge is 2.45. The summed E-state index contributed by atoms with van der Waals surface area (Å²) >= 11 is 0. The van der Waals surface area contributed by atoms with Gasteiger partial charge in [0.15, 0.2) is 0 Å². The van der Waals surface area contributed by atoms with E-state index in [0.717, 1.165) is 25.7 Å². The van der Waals surface area contributed by atoms with E-state index >= 15 is 0 Å². The summed E-state index contributed by atoms with van der Waals surface area (Å²) in [5.41, 5.74) is 0. The molecule has 0 N–H and O–H groups in total. The molecule has 0 atom stereocenters. The lowest BCUT2D eigenvalue weighted by atomic mass is 10.1. The molecule has 0 aromatic heterocycles. The van der Waals surface area contributed by atoms with Gasteiger partial charge in [-0.2, -0.15) is 4.31 Å². The van der Waals surface area contributed by atoms with E-state index in [0.29, 0.717) is 6.42 Å². The van der Waals surface area contributed by atoms with Gasteiger partial charge in [-0.1, -0.05) is 32.6 Å². The van der Waals surface area contributed by atoms with Crippen LogP contribution in [-0.2, 0) is 10.0 Å². The van der Waals surface area contributed by atoms with Crippen LogP contribution < -0.4 is 0 Å². The van der Waals surface area contributed by atoms with E-state index in [9.17, 15) is 8.42 Å². The van der Waals surface area contributed by atoms with Crippen LogP contribution in [0, 0.1) is 0 Å². The fourth-order valence-corrected chi connectivity index (χ4v) is 5.62. The first-order valence-corrected chi connectivity index (χ1v) is 9.37. The molecule has 112 valence electrons. The molecular formula is C15H29NO2S. The lowest BCUT2D eigenvalue weighted by Crippen LogP contribution is -2.52. The van der Waals surface area contributed by atoms with Crippen molar-refractivity contribution in [3.63, 3.8) is 0 Å². The molecular weight excluding hydrogens is 258 g/mol. The zero-order valence-corrected chi connectivity index (χ0v) is 13.5. The van der Waals surface area contributed by atoms with Crippen molar-refractivity contribution in [3.8, 4) is 0 Å². The third-order valence-electron chi connectivity index (χ3n) is 5.20. The second-order valence-electron chi connectivity index (χ2n) is 6.82. The Labute approximate surface area is 118 Å². The molecule has 2 saturated carbocycles. The molecule has 0 heterocycles. The maximum absolute atomic E-state index is 13.1. The summed E-state index contributed by atoms with van der Waals surface area (Å²) in [5.74, 6) is 0. The van der Waals surface area contributed by atoms with Crippen molar-refractivity contribution in [2.45, 2.75) is 95.4 Å². The van der Waals surface area contributed by atoms with Gasteiger partial charge < -0.3 is 0 Å². The molecule has 2 rings (SSSR count). The Hall–Kier alpha value is -0.0900. The topological polar surface area (TPSA) is 37.4 Å². The first-order valence-electron chi connectivity index (χ1n) is 7.93. The Bertz CT molecular complexity index is 374. The van der Waals surface area contributed by atoms with Gasteiger partial charge in [-0.3, -0.25) is 0 Å². The Balaban J connectivity index is 2.30. The normalized spacial score (nSPS) is 23.6.